The number of aliphatic imine (C=N–C) groups is 1. The Morgan fingerprint density at radius 1 is 0.689 bits per heavy atom. The van der Waals surface area contributed by atoms with Crippen LogP contribution in [0.2, 0.25) is 0 Å². The summed E-state index contributed by atoms with van der Waals surface area (Å²) in [5, 5.41) is 28.1. The Hall–Kier alpha value is -10.1. The van der Waals surface area contributed by atoms with Gasteiger partial charge in [0.25, 0.3) is 0 Å². The van der Waals surface area contributed by atoms with E-state index in [9.17, 15) is 38.3 Å². The van der Waals surface area contributed by atoms with Gasteiger partial charge in [0.15, 0.2) is 11.6 Å². The Morgan fingerprint density at radius 2 is 1.34 bits per heavy atom. The minimum Gasteiger partial charge on any atom is -0.481 e. The molecule has 0 radical (unpaired) electrons. The number of aromatic nitrogens is 4. The molecule has 1 saturated heterocycles. The molecule has 8 atom stereocenters. The second-order valence-electron chi connectivity index (χ2n) is 26.5. The van der Waals surface area contributed by atoms with Crippen LogP contribution in [-0.4, -0.2) is 168 Å². The van der Waals surface area contributed by atoms with Crippen LogP contribution in [0.3, 0.4) is 0 Å². The zero-order valence-electron chi connectivity index (χ0n) is 56.8. The predicted octanol–water partition coefficient (Wildman–Crippen LogP) is 5.31. The van der Waals surface area contributed by atoms with E-state index in [2.05, 4.69) is 56.8 Å². The zero-order valence-corrected chi connectivity index (χ0v) is 58.4. The van der Waals surface area contributed by atoms with Crippen LogP contribution in [0.15, 0.2) is 114 Å². The molecule has 30 heteroatoms. The Morgan fingerprint density at radius 3 is 2.02 bits per heavy atom. The van der Waals surface area contributed by atoms with Crippen LogP contribution in [0.1, 0.15) is 105 Å². The average molecular weight is 1450 g/mol. The molecule has 3 aromatic carbocycles. The van der Waals surface area contributed by atoms with Gasteiger partial charge >= 0.3 is 5.97 Å². The normalized spacial score (nSPS) is 23.3. The highest BCUT2D eigenvalue weighted by Crippen LogP contribution is 2.33. The van der Waals surface area contributed by atoms with Crippen molar-refractivity contribution >= 4 is 127 Å². The number of carboxylic acids is 1. The van der Waals surface area contributed by atoms with E-state index in [-0.39, 0.29) is 62.8 Å². The number of benzene rings is 3. The number of nitrogens with zero attached hydrogens (tertiary/aromatic N) is 3. The summed E-state index contributed by atoms with van der Waals surface area (Å²) in [4.78, 5) is 178. The number of Topliss-reactive ketones (excluding diaryl/α,β-unsaturated/α-hetero) is 2. The molecule has 0 saturated carbocycles. The number of fused-ring (bicyclic) bond motifs is 6. The van der Waals surface area contributed by atoms with Gasteiger partial charge in [-0.1, -0.05) is 24.3 Å². The number of allylic oxidation sites excluding steroid dienone is 1. The maximum Gasteiger partial charge on any atom is 0.305 e. The molecule has 8 amide bonds. The van der Waals surface area contributed by atoms with E-state index in [0.717, 1.165) is 11.1 Å². The van der Waals surface area contributed by atoms with E-state index in [0.29, 0.717) is 92.6 Å². The Kier molecular flexibility index (Phi) is 25.8. The van der Waals surface area contributed by atoms with Crippen LogP contribution in [-0.2, 0) is 83.5 Å². The summed E-state index contributed by atoms with van der Waals surface area (Å²) in [6, 6.07) is 11.7. The molecule has 7 heterocycles. The average Bonchev–Trinajstić information content (AvgIpc) is 1.69. The lowest BCUT2D eigenvalue weighted by Gasteiger charge is -2.37. The van der Waals surface area contributed by atoms with Gasteiger partial charge in [0.05, 0.1) is 19.0 Å². The van der Waals surface area contributed by atoms with E-state index in [1.165, 1.54) is 83.4 Å². The number of nitrogens with two attached hydrogens (primary N) is 2. The molecule has 1 fully saturated rings. The first kappa shape index (κ1) is 75.6. The minimum absolute atomic E-state index is 0.0293. The molecule has 103 heavy (non-hydrogen) atoms. The second-order valence-corrected chi connectivity index (χ2v) is 28.6. The van der Waals surface area contributed by atoms with Crippen molar-refractivity contribution in [2.45, 2.75) is 144 Å². The third-order valence-corrected chi connectivity index (χ3v) is 21.1. The molecule has 3 aliphatic rings. The van der Waals surface area contributed by atoms with Gasteiger partial charge in [0.1, 0.15) is 47.0 Å². The van der Waals surface area contributed by atoms with Gasteiger partial charge in [0, 0.05) is 144 Å². The maximum absolute atomic E-state index is 15.5. The van der Waals surface area contributed by atoms with Gasteiger partial charge in [0.2, 0.25) is 47.3 Å². The quantitative estimate of drug-likeness (QED) is 0.0579. The molecule has 0 unspecified atom stereocenters. The molecule has 2 bridgehead atoms. The van der Waals surface area contributed by atoms with Crippen molar-refractivity contribution in [1.29, 1.82) is 0 Å². The number of aromatic amines is 3. The number of ketones is 2. The number of halogens is 2. The van der Waals surface area contributed by atoms with Crippen LogP contribution in [0.4, 0.5) is 8.78 Å². The number of aliphatic carboxylic acids is 1. The van der Waals surface area contributed by atoms with E-state index in [4.69, 9.17) is 11.5 Å². The number of hydrogen-bond donors (Lipinski definition) is 12. The Balaban J connectivity index is 0.989. The van der Waals surface area contributed by atoms with Crippen molar-refractivity contribution in [1.82, 2.24) is 56.7 Å². The highest BCUT2D eigenvalue weighted by atomic mass is 32.2. The molecular formula is C73H84F2N14O12S2. The van der Waals surface area contributed by atoms with Crippen LogP contribution in [0, 0.1) is 23.5 Å². The number of nitrogens with one attached hydrogen (secondary N) is 9. The van der Waals surface area contributed by atoms with Crippen LogP contribution >= 0.6 is 23.5 Å². The van der Waals surface area contributed by atoms with Crippen LogP contribution < -0.4 is 43.4 Å². The standard InChI is InChI=1S/C73H84F2N14O12S2/c1-73-17-6-21-89(73)71(100)60(28-47-36-82-66-52(47)9-5-19-79-66)87-67(96)44(24-41-15-20-78-33-41)29-62(91)58(32-64(93)94)85-70(99)59(27-48-35-81-56-14-12-50(75)31-54(48)56)86-68(97)45(25-46-34-80-55-13-11-49(74)30-53(46)55)26-51(90)37-83-69(98)57(10-2-3-18-76)84-63(92)16-22-102-38-42-7-4-8-43(23-42)39-103-40-61(65(77)95)88-72(73)101/h4-5,7-9,11-14,19-20,23,30-31,33-36,44-45,57-61,80-81H,2-3,6,10,15-18,21-22,24-29,32,37-40,76H2,1H3,(H2,77,95)(H,79,82)(H,83,98)(H,84,92)(H,85,99)(H,86,97)(H,87,96)(H,88,101)(H,93,94)/t44-,45-,57+,58+,59+,60+,61+,73+/m1/s1. The largest absolute Gasteiger partial charge is 0.481 e. The molecular weight excluding hydrogens is 1370 g/mol. The number of H-pyrrole nitrogens is 3. The number of rotatable bonds is 15. The van der Waals surface area contributed by atoms with Gasteiger partial charge in [-0.05, 0) is 140 Å². The molecule has 10 rings (SSSR count). The SMILES string of the molecule is C[C@@]12CCCN1C(=O)[C@H](Cc1c[nH]c3ncccc13)NC(=O)[C@H](CC1=CN=CC1)CC(=O)[C@H](CC(=O)O)NC(=O)[C@H](Cc1c[nH]c3ccc(F)cc13)NC(=O)[C@H](Cc1c[nH]c3ccc(F)cc13)CC(=O)CNC(=O)[C@H](CCCCN)NC(=O)CCSCc1cccc(c1)CSC[C@@H](C(N)=O)NC2=O. The number of pyridine rings is 1. The van der Waals surface area contributed by atoms with Crippen molar-refractivity contribution in [2.75, 3.05) is 31.1 Å². The van der Waals surface area contributed by atoms with Gasteiger partial charge in [-0.25, -0.2) is 13.8 Å². The number of amides is 8. The third-order valence-electron chi connectivity index (χ3n) is 18.9. The van der Waals surface area contributed by atoms with E-state index in [1.54, 1.807) is 37.7 Å². The lowest BCUT2D eigenvalue weighted by molar-refractivity contribution is -0.147. The summed E-state index contributed by atoms with van der Waals surface area (Å²) in [5.74, 6) is -11.9. The van der Waals surface area contributed by atoms with Gasteiger partial charge < -0.3 is 68.3 Å². The lowest BCUT2D eigenvalue weighted by Crippen LogP contribution is -2.62. The zero-order chi connectivity index (χ0) is 73.3. The second kappa shape index (κ2) is 35.2. The minimum atomic E-state index is -1.89. The van der Waals surface area contributed by atoms with Crippen molar-refractivity contribution < 1.29 is 66.6 Å². The number of carbonyl (C=O) groups excluding carboxylic acids is 10. The third kappa shape index (κ3) is 20.0. The van der Waals surface area contributed by atoms with Gasteiger partial charge in [-0.2, -0.15) is 23.5 Å². The number of carbonyl (C=O) groups is 11. The van der Waals surface area contributed by atoms with Crippen LogP contribution in [0.5, 0.6) is 0 Å². The highest BCUT2D eigenvalue weighted by molar-refractivity contribution is 7.98. The van der Waals surface area contributed by atoms with Crippen molar-refractivity contribution in [2.24, 2.45) is 28.3 Å². The smallest absolute Gasteiger partial charge is 0.305 e. The molecule has 3 aliphatic heterocycles. The summed E-state index contributed by atoms with van der Waals surface area (Å²) >= 11 is 2.83. The first-order chi connectivity index (χ1) is 49.5. The van der Waals surface area contributed by atoms with Crippen LogP contribution in [0.25, 0.3) is 32.8 Å². The summed E-state index contributed by atoms with van der Waals surface area (Å²) in [5.41, 5.74) is 15.2. The first-order valence-electron chi connectivity index (χ1n) is 34.2. The van der Waals surface area contributed by atoms with E-state index >= 15 is 28.4 Å². The molecule has 14 N–H and O–H groups in total. The number of hydrogen-bond acceptors (Lipinski definition) is 16. The fourth-order valence-electron chi connectivity index (χ4n) is 13.3. The fourth-order valence-corrected chi connectivity index (χ4v) is 15.2. The first-order valence-corrected chi connectivity index (χ1v) is 36.5. The topological polar surface area (TPSA) is 408 Å². The molecule has 4 aromatic heterocycles. The molecule has 0 aliphatic carbocycles. The highest BCUT2D eigenvalue weighted by Gasteiger charge is 2.49. The summed E-state index contributed by atoms with van der Waals surface area (Å²) in [6.07, 6.45) is 7.94. The predicted molar refractivity (Wildman–Crippen MR) is 386 cm³/mol. The summed E-state index contributed by atoms with van der Waals surface area (Å²) in [6.45, 7) is 1.32. The Bertz CT molecular complexity index is 4400. The molecule has 0 spiro atoms. The van der Waals surface area contributed by atoms with E-state index < -0.39 is 156 Å². The van der Waals surface area contributed by atoms with Crippen molar-refractivity contribution in [3.8, 4) is 0 Å². The summed E-state index contributed by atoms with van der Waals surface area (Å²) < 4.78 is 29.9. The maximum atomic E-state index is 15.5. The fraction of sp³-hybridized carbons (Fsp3) is 0.411. The number of thioether (sulfide) groups is 2. The monoisotopic (exact) mass is 1450 g/mol. The van der Waals surface area contributed by atoms with Gasteiger partial charge in [-0.15, -0.1) is 0 Å². The molecule has 544 valence electrons. The molecule has 7 aromatic rings. The molecule has 26 nitrogen and oxygen atoms in total. The summed E-state index contributed by atoms with van der Waals surface area (Å²) in [7, 11) is 0. The van der Waals surface area contributed by atoms with Crippen molar-refractivity contribution in [3.05, 3.63) is 149 Å². The number of primary amides is 1. The lowest BCUT2D eigenvalue weighted by atomic mass is 9.89. The van der Waals surface area contributed by atoms with E-state index in [1.807, 2.05) is 24.3 Å². The van der Waals surface area contributed by atoms with Crippen molar-refractivity contribution in [3.63, 3.8) is 0 Å². The number of unbranched alkanes of at least 4 members (excludes halogenated alkanes) is 1. The number of carboxylic acid groups (broad SMARTS) is 1. The Labute approximate surface area is 600 Å². The van der Waals surface area contributed by atoms with Gasteiger partial charge in [-0.3, -0.25) is 57.7 Å².